The number of nitrogens with one attached hydrogen (secondary N) is 1. The molecule has 6 nitrogen and oxygen atoms in total. The second kappa shape index (κ2) is 9.14. The van der Waals surface area contributed by atoms with Crippen LogP contribution in [-0.2, 0) is 0 Å². The summed E-state index contributed by atoms with van der Waals surface area (Å²) < 4.78 is 6.47. The van der Waals surface area contributed by atoms with Gasteiger partial charge < -0.3 is 15.0 Å². The van der Waals surface area contributed by atoms with E-state index in [-0.39, 0.29) is 5.91 Å². The lowest BCUT2D eigenvalue weighted by molar-refractivity contribution is 0.0948. The van der Waals surface area contributed by atoms with Crippen molar-refractivity contribution in [2.45, 2.75) is 0 Å². The molecule has 0 spiro atoms. The van der Waals surface area contributed by atoms with Crippen molar-refractivity contribution in [3.05, 3.63) is 66.2 Å². The fraction of sp³-hybridized carbons (Fsp3) is 0.280. The molecule has 1 aliphatic heterocycles. The molecule has 1 aliphatic rings. The average molecular weight is 447 g/mol. The van der Waals surface area contributed by atoms with Crippen LogP contribution in [0, 0.1) is 0 Å². The molecule has 1 saturated heterocycles. The summed E-state index contributed by atoms with van der Waals surface area (Å²) in [6.45, 7) is 5.30. The molecule has 1 aromatic heterocycles. The fourth-order valence-corrected chi connectivity index (χ4v) is 5.12. The van der Waals surface area contributed by atoms with Crippen molar-refractivity contribution in [2.75, 3.05) is 51.3 Å². The van der Waals surface area contributed by atoms with Crippen molar-refractivity contribution < 1.29 is 9.53 Å². The van der Waals surface area contributed by atoms with Crippen molar-refractivity contribution in [3.8, 4) is 5.75 Å². The van der Waals surface area contributed by atoms with Crippen LogP contribution in [0.1, 0.15) is 10.4 Å². The SMILES string of the molecule is COc1ccc2nc(N3CCN(CCNC(=O)c4ccc5ccccc5c4)CC3)sc2c1. The third-order valence-electron chi connectivity index (χ3n) is 5.95. The maximum Gasteiger partial charge on any atom is 0.251 e. The molecule has 32 heavy (non-hydrogen) atoms. The molecular weight excluding hydrogens is 420 g/mol. The van der Waals surface area contributed by atoms with Crippen molar-refractivity contribution in [3.63, 3.8) is 0 Å². The summed E-state index contributed by atoms with van der Waals surface area (Å²) in [4.78, 5) is 22.1. The molecule has 1 N–H and O–H groups in total. The number of benzene rings is 3. The van der Waals surface area contributed by atoms with Gasteiger partial charge in [0.1, 0.15) is 5.75 Å². The first-order valence-electron chi connectivity index (χ1n) is 10.9. The molecular formula is C25H26N4O2S. The maximum atomic E-state index is 12.5. The largest absolute Gasteiger partial charge is 0.497 e. The van der Waals surface area contributed by atoms with Crippen LogP contribution in [0.3, 0.4) is 0 Å². The zero-order valence-electron chi connectivity index (χ0n) is 18.1. The molecule has 7 heteroatoms. The Hall–Kier alpha value is -3.16. The molecule has 4 aromatic rings. The van der Waals surface area contributed by atoms with E-state index < -0.39 is 0 Å². The Kier molecular flexibility index (Phi) is 5.92. The number of piperazine rings is 1. The number of anilines is 1. The average Bonchev–Trinajstić information content (AvgIpc) is 3.27. The number of carbonyl (C=O) groups is 1. The van der Waals surface area contributed by atoms with Crippen LogP contribution >= 0.6 is 11.3 Å². The zero-order valence-corrected chi connectivity index (χ0v) is 18.9. The number of methoxy groups -OCH3 is 1. The minimum atomic E-state index is -0.0145. The van der Waals surface area contributed by atoms with Crippen LogP contribution in [0.4, 0.5) is 5.13 Å². The highest BCUT2D eigenvalue weighted by Gasteiger charge is 2.20. The summed E-state index contributed by atoms with van der Waals surface area (Å²) in [5.41, 5.74) is 1.73. The summed E-state index contributed by atoms with van der Waals surface area (Å²) in [6.07, 6.45) is 0. The normalized spacial score (nSPS) is 14.7. The molecule has 1 fully saturated rings. The van der Waals surface area contributed by atoms with Gasteiger partial charge in [-0.1, -0.05) is 41.7 Å². The van der Waals surface area contributed by atoms with Crippen LogP contribution in [0.15, 0.2) is 60.7 Å². The third-order valence-corrected chi connectivity index (χ3v) is 7.03. The number of nitrogens with zero attached hydrogens (tertiary/aromatic N) is 3. The van der Waals surface area contributed by atoms with E-state index in [4.69, 9.17) is 9.72 Å². The van der Waals surface area contributed by atoms with Gasteiger partial charge in [0.15, 0.2) is 5.13 Å². The topological polar surface area (TPSA) is 57.7 Å². The van der Waals surface area contributed by atoms with E-state index in [1.807, 2.05) is 54.6 Å². The highest BCUT2D eigenvalue weighted by molar-refractivity contribution is 7.22. The lowest BCUT2D eigenvalue weighted by atomic mass is 10.1. The predicted octanol–water partition coefficient (Wildman–Crippen LogP) is 4.01. The molecule has 3 aromatic carbocycles. The Morgan fingerprint density at radius 2 is 1.84 bits per heavy atom. The smallest absolute Gasteiger partial charge is 0.251 e. The minimum absolute atomic E-state index is 0.0145. The first-order valence-corrected chi connectivity index (χ1v) is 11.7. The molecule has 1 amide bonds. The molecule has 0 radical (unpaired) electrons. The Morgan fingerprint density at radius 3 is 2.66 bits per heavy atom. The van der Waals surface area contributed by atoms with Gasteiger partial charge in [-0.15, -0.1) is 0 Å². The van der Waals surface area contributed by atoms with E-state index in [1.54, 1.807) is 18.4 Å². The first kappa shape index (κ1) is 20.7. The summed E-state index contributed by atoms with van der Waals surface area (Å²) >= 11 is 1.71. The van der Waals surface area contributed by atoms with Crippen LogP contribution in [0.2, 0.25) is 0 Å². The van der Waals surface area contributed by atoms with E-state index >= 15 is 0 Å². The first-order chi connectivity index (χ1) is 15.7. The number of rotatable bonds is 6. The van der Waals surface area contributed by atoms with Crippen molar-refractivity contribution in [1.82, 2.24) is 15.2 Å². The number of aromatic nitrogens is 1. The Morgan fingerprint density at radius 1 is 1.03 bits per heavy atom. The molecule has 0 atom stereocenters. The molecule has 0 bridgehead atoms. The zero-order chi connectivity index (χ0) is 21.9. The van der Waals surface area contributed by atoms with E-state index in [0.29, 0.717) is 12.1 Å². The number of hydrogen-bond donors (Lipinski definition) is 1. The quantitative estimate of drug-likeness (QED) is 0.485. The lowest BCUT2D eigenvalue weighted by Gasteiger charge is -2.34. The van der Waals surface area contributed by atoms with Gasteiger partial charge in [-0.3, -0.25) is 9.69 Å². The number of fused-ring (bicyclic) bond motifs is 2. The van der Waals surface area contributed by atoms with E-state index in [1.165, 1.54) is 0 Å². The summed E-state index contributed by atoms with van der Waals surface area (Å²) in [7, 11) is 1.69. The van der Waals surface area contributed by atoms with Crippen molar-refractivity contribution >= 4 is 43.4 Å². The van der Waals surface area contributed by atoms with Crippen molar-refractivity contribution in [2.24, 2.45) is 0 Å². The van der Waals surface area contributed by atoms with Gasteiger partial charge in [0, 0.05) is 44.8 Å². The number of hydrogen-bond acceptors (Lipinski definition) is 6. The van der Waals surface area contributed by atoms with Crippen LogP contribution in [0.5, 0.6) is 5.75 Å². The molecule has 0 aliphatic carbocycles. The van der Waals surface area contributed by atoms with Gasteiger partial charge in [0.25, 0.3) is 5.91 Å². The Bertz CT molecular complexity index is 1250. The van der Waals surface area contributed by atoms with E-state index in [2.05, 4.69) is 21.2 Å². The molecule has 2 heterocycles. The van der Waals surface area contributed by atoms with Crippen LogP contribution in [-0.4, -0.2) is 62.2 Å². The monoisotopic (exact) mass is 446 g/mol. The van der Waals surface area contributed by atoms with Gasteiger partial charge >= 0.3 is 0 Å². The summed E-state index contributed by atoms with van der Waals surface area (Å²) in [5.74, 6) is 0.850. The van der Waals surface area contributed by atoms with Crippen LogP contribution < -0.4 is 15.0 Å². The number of ether oxygens (including phenoxy) is 1. The maximum absolute atomic E-state index is 12.5. The molecule has 5 rings (SSSR count). The number of carbonyl (C=O) groups excluding carboxylic acids is 1. The lowest BCUT2D eigenvalue weighted by Crippen LogP contribution is -2.48. The Labute approximate surface area is 191 Å². The standard InChI is InChI=1S/C25H26N4O2S/c1-31-21-8-9-22-23(17-21)32-25(27-22)29-14-12-28(13-15-29)11-10-26-24(30)20-7-6-18-4-2-3-5-19(18)16-20/h2-9,16-17H,10-15H2,1H3,(H,26,30). The highest BCUT2D eigenvalue weighted by Crippen LogP contribution is 2.31. The van der Waals surface area contributed by atoms with E-state index in [9.17, 15) is 4.79 Å². The van der Waals surface area contributed by atoms with Gasteiger partial charge in [-0.2, -0.15) is 0 Å². The summed E-state index contributed by atoms with van der Waals surface area (Å²) in [6, 6.07) is 20.0. The highest BCUT2D eigenvalue weighted by atomic mass is 32.1. The van der Waals surface area contributed by atoms with Gasteiger partial charge in [-0.05, 0) is 41.1 Å². The molecule has 0 saturated carbocycles. The second-order valence-corrected chi connectivity index (χ2v) is 8.99. The second-order valence-electron chi connectivity index (χ2n) is 7.98. The third kappa shape index (κ3) is 4.40. The number of amides is 1. The molecule has 164 valence electrons. The van der Waals surface area contributed by atoms with Crippen molar-refractivity contribution in [1.29, 1.82) is 0 Å². The molecule has 0 unspecified atom stereocenters. The van der Waals surface area contributed by atoms with Gasteiger partial charge in [0.05, 0.1) is 17.3 Å². The summed E-state index contributed by atoms with van der Waals surface area (Å²) in [5, 5.41) is 6.37. The van der Waals surface area contributed by atoms with Gasteiger partial charge in [-0.25, -0.2) is 4.98 Å². The van der Waals surface area contributed by atoms with Gasteiger partial charge in [0.2, 0.25) is 0 Å². The van der Waals surface area contributed by atoms with E-state index in [0.717, 1.165) is 64.6 Å². The predicted molar refractivity (Wildman–Crippen MR) is 131 cm³/mol. The fourth-order valence-electron chi connectivity index (χ4n) is 4.08. The van der Waals surface area contributed by atoms with Crippen LogP contribution in [0.25, 0.3) is 21.0 Å². The number of thiazole rings is 1. The Balaban J connectivity index is 1.11. The minimum Gasteiger partial charge on any atom is -0.497 e.